The maximum absolute atomic E-state index is 12.9. The van der Waals surface area contributed by atoms with Gasteiger partial charge in [-0.3, -0.25) is 0 Å². The largest absolute Gasteiger partial charge is 0.464 e. The highest BCUT2D eigenvalue weighted by Crippen LogP contribution is 2.34. The summed E-state index contributed by atoms with van der Waals surface area (Å²) in [6.07, 6.45) is 1.60. The molecule has 0 saturated carbocycles. The van der Waals surface area contributed by atoms with Gasteiger partial charge in [-0.2, -0.15) is 4.31 Å². The molecule has 4 rings (SSSR count). The second-order valence-corrected chi connectivity index (χ2v) is 8.24. The van der Waals surface area contributed by atoms with Crippen LogP contribution in [0.5, 0.6) is 0 Å². The quantitative estimate of drug-likeness (QED) is 0.493. The second-order valence-electron chi connectivity index (χ2n) is 6.30. The van der Waals surface area contributed by atoms with Crippen molar-refractivity contribution in [1.29, 1.82) is 0 Å². The van der Waals surface area contributed by atoms with E-state index in [1.807, 2.05) is 24.3 Å². The number of aliphatic hydroxyl groups is 2. The smallest absolute Gasteiger partial charge is 0.243 e. The average molecular weight is 401 g/mol. The van der Waals surface area contributed by atoms with Gasteiger partial charge < -0.3 is 19.0 Å². The molecular formula is C20H19NO6S. The SMILES string of the molecule is O=S(=O)(c1ccc2oc3cc(-c4ccco4)ccc3c2c1)N(CCO)CCO. The lowest BCUT2D eigenvalue weighted by molar-refractivity contribution is 0.217. The Morgan fingerprint density at radius 2 is 1.68 bits per heavy atom. The van der Waals surface area contributed by atoms with Crippen molar-refractivity contribution in [2.24, 2.45) is 0 Å². The number of sulfonamides is 1. The summed E-state index contributed by atoms with van der Waals surface area (Å²) < 4.78 is 38.1. The van der Waals surface area contributed by atoms with Gasteiger partial charge in [-0.25, -0.2) is 8.42 Å². The Morgan fingerprint density at radius 1 is 0.893 bits per heavy atom. The number of benzene rings is 2. The minimum Gasteiger partial charge on any atom is -0.464 e. The van der Waals surface area contributed by atoms with Crippen molar-refractivity contribution in [3.8, 4) is 11.3 Å². The van der Waals surface area contributed by atoms with E-state index >= 15 is 0 Å². The Kier molecular flexibility index (Phi) is 4.94. The molecule has 2 aromatic carbocycles. The Labute approximate surface area is 161 Å². The van der Waals surface area contributed by atoms with Gasteiger partial charge in [0.05, 0.1) is 24.4 Å². The van der Waals surface area contributed by atoms with Crippen LogP contribution in [0.4, 0.5) is 0 Å². The summed E-state index contributed by atoms with van der Waals surface area (Å²) in [5.74, 6) is 0.717. The molecule has 2 N–H and O–H groups in total. The van der Waals surface area contributed by atoms with Crippen LogP contribution in [-0.2, 0) is 10.0 Å². The van der Waals surface area contributed by atoms with Crippen LogP contribution in [0, 0.1) is 0 Å². The number of hydrogen-bond donors (Lipinski definition) is 2. The molecule has 0 amide bonds. The molecule has 0 bridgehead atoms. The van der Waals surface area contributed by atoms with Crippen LogP contribution in [0.2, 0.25) is 0 Å². The molecule has 2 aromatic heterocycles. The summed E-state index contributed by atoms with van der Waals surface area (Å²) in [4.78, 5) is 0.0831. The zero-order chi connectivity index (χ0) is 19.7. The maximum atomic E-state index is 12.9. The molecule has 0 unspecified atom stereocenters. The molecule has 0 spiro atoms. The number of fused-ring (bicyclic) bond motifs is 3. The lowest BCUT2D eigenvalue weighted by Crippen LogP contribution is -2.35. The van der Waals surface area contributed by atoms with Gasteiger partial charge in [0.1, 0.15) is 16.9 Å². The van der Waals surface area contributed by atoms with Gasteiger partial charge in [-0.15, -0.1) is 0 Å². The molecule has 0 fully saturated rings. The molecule has 0 aliphatic rings. The molecule has 0 saturated heterocycles. The van der Waals surface area contributed by atoms with E-state index in [0.29, 0.717) is 22.3 Å². The maximum Gasteiger partial charge on any atom is 0.243 e. The third-order valence-electron chi connectivity index (χ3n) is 4.58. The third kappa shape index (κ3) is 3.20. The summed E-state index contributed by atoms with van der Waals surface area (Å²) in [6.45, 7) is -0.823. The number of nitrogens with zero attached hydrogens (tertiary/aromatic N) is 1. The topological polar surface area (TPSA) is 104 Å². The van der Waals surface area contributed by atoms with E-state index in [1.54, 1.807) is 24.5 Å². The fourth-order valence-electron chi connectivity index (χ4n) is 3.24. The van der Waals surface area contributed by atoms with Crippen molar-refractivity contribution in [3.05, 3.63) is 54.8 Å². The van der Waals surface area contributed by atoms with E-state index in [1.165, 1.54) is 6.07 Å². The highest BCUT2D eigenvalue weighted by atomic mass is 32.2. The van der Waals surface area contributed by atoms with Crippen LogP contribution in [0.3, 0.4) is 0 Å². The molecule has 7 nitrogen and oxygen atoms in total. The second kappa shape index (κ2) is 7.40. The average Bonchev–Trinajstić information content (AvgIpc) is 3.34. The van der Waals surface area contributed by atoms with Crippen molar-refractivity contribution >= 4 is 32.0 Å². The Balaban J connectivity index is 1.81. The zero-order valence-corrected chi connectivity index (χ0v) is 15.7. The van der Waals surface area contributed by atoms with Gasteiger partial charge in [0.15, 0.2) is 0 Å². The van der Waals surface area contributed by atoms with Crippen LogP contribution in [0.15, 0.2) is 68.5 Å². The van der Waals surface area contributed by atoms with Crippen molar-refractivity contribution in [1.82, 2.24) is 4.31 Å². The van der Waals surface area contributed by atoms with Gasteiger partial charge in [-0.05, 0) is 42.5 Å². The first-order valence-electron chi connectivity index (χ1n) is 8.76. The fraction of sp³-hybridized carbons (Fsp3) is 0.200. The van der Waals surface area contributed by atoms with Gasteiger partial charge >= 0.3 is 0 Å². The Morgan fingerprint density at radius 3 is 2.36 bits per heavy atom. The number of hydrogen-bond acceptors (Lipinski definition) is 6. The van der Waals surface area contributed by atoms with E-state index in [-0.39, 0.29) is 31.2 Å². The third-order valence-corrected chi connectivity index (χ3v) is 6.48. The van der Waals surface area contributed by atoms with E-state index in [9.17, 15) is 8.42 Å². The molecule has 8 heteroatoms. The summed E-state index contributed by atoms with van der Waals surface area (Å²) in [5, 5.41) is 19.8. The van der Waals surface area contributed by atoms with E-state index in [4.69, 9.17) is 19.0 Å². The van der Waals surface area contributed by atoms with E-state index < -0.39 is 10.0 Å². The van der Waals surface area contributed by atoms with E-state index in [2.05, 4.69) is 0 Å². The van der Waals surface area contributed by atoms with Gasteiger partial charge in [-0.1, -0.05) is 6.07 Å². The van der Waals surface area contributed by atoms with Crippen molar-refractivity contribution < 1.29 is 27.5 Å². The predicted molar refractivity (Wildman–Crippen MR) is 104 cm³/mol. The van der Waals surface area contributed by atoms with Gasteiger partial charge in [0, 0.05) is 29.4 Å². The first-order chi connectivity index (χ1) is 13.5. The zero-order valence-electron chi connectivity index (χ0n) is 14.9. The Bertz CT molecular complexity index is 1200. The molecule has 4 aromatic rings. The first kappa shape index (κ1) is 18.7. The van der Waals surface area contributed by atoms with Gasteiger partial charge in [0.2, 0.25) is 10.0 Å². The molecule has 28 heavy (non-hydrogen) atoms. The standard InChI is InChI=1S/C20H19NO6S/c22-9-7-21(8-10-23)28(24,25)15-4-6-19-17(13-15)16-5-3-14(12-20(16)27-19)18-2-1-11-26-18/h1-6,11-13,22-23H,7-10H2. The predicted octanol–water partition coefficient (Wildman–Crippen LogP) is 2.82. The van der Waals surface area contributed by atoms with Crippen molar-refractivity contribution in [2.75, 3.05) is 26.3 Å². The van der Waals surface area contributed by atoms with Crippen molar-refractivity contribution in [3.63, 3.8) is 0 Å². The molecule has 0 aliphatic carbocycles. The summed E-state index contributed by atoms with van der Waals surface area (Å²) >= 11 is 0. The van der Waals surface area contributed by atoms with Crippen LogP contribution in [-0.4, -0.2) is 49.2 Å². The Hall–Kier alpha value is -2.65. The fourth-order valence-corrected chi connectivity index (χ4v) is 4.69. The van der Waals surface area contributed by atoms with Crippen molar-refractivity contribution in [2.45, 2.75) is 4.90 Å². The van der Waals surface area contributed by atoms with Crippen LogP contribution >= 0.6 is 0 Å². The molecule has 146 valence electrons. The molecular weight excluding hydrogens is 382 g/mol. The summed E-state index contributed by atoms with van der Waals surface area (Å²) in [5.41, 5.74) is 2.06. The number of furan rings is 2. The number of aliphatic hydroxyl groups excluding tert-OH is 2. The normalized spacial score (nSPS) is 12.4. The lowest BCUT2D eigenvalue weighted by atomic mass is 10.1. The van der Waals surface area contributed by atoms with Crippen LogP contribution in [0.25, 0.3) is 33.3 Å². The molecule has 0 atom stereocenters. The van der Waals surface area contributed by atoms with E-state index in [0.717, 1.165) is 15.3 Å². The highest BCUT2D eigenvalue weighted by Gasteiger charge is 2.24. The molecule has 0 radical (unpaired) electrons. The summed E-state index contributed by atoms with van der Waals surface area (Å²) in [7, 11) is -3.85. The van der Waals surface area contributed by atoms with Gasteiger partial charge in [0.25, 0.3) is 0 Å². The minimum atomic E-state index is -3.85. The van der Waals surface area contributed by atoms with Crippen LogP contribution in [0.1, 0.15) is 0 Å². The monoisotopic (exact) mass is 401 g/mol. The first-order valence-corrected chi connectivity index (χ1v) is 10.2. The lowest BCUT2D eigenvalue weighted by Gasteiger charge is -2.20. The molecule has 0 aliphatic heterocycles. The minimum absolute atomic E-state index is 0.0831. The van der Waals surface area contributed by atoms with Crippen LogP contribution < -0.4 is 0 Å². The summed E-state index contributed by atoms with van der Waals surface area (Å²) in [6, 6.07) is 13.9. The number of rotatable bonds is 7. The molecule has 2 heterocycles. The highest BCUT2D eigenvalue weighted by molar-refractivity contribution is 7.89.